The van der Waals surface area contributed by atoms with Crippen LogP contribution in [0.1, 0.15) is 17.3 Å². The molecule has 1 aromatic carbocycles. The number of nitrogens with one attached hydrogen (secondary N) is 1. The lowest BCUT2D eigenvalue weighted by atomic mass is 10.1. The topological polar surface area (TPSA) is 72.0 Å². The zero-order chi connectivity index (χ0) is 14.5. The molecule has 20 heavy (non-hydrogen) atoms. The number of rotatable bonds is 4. The summed E-state index contributed by atoms with van der Waals surface area (Å²) in [7, 11) is 0. The molecule has 2 rings (SSSR count). The lowest BCUT2D eigenvalue weighted by Gasteiger charge is -2.08. The largest absolute Gasteiger partial charge is 0.462 e. The van der Waals surface area contributed by atoms with Crippen molar-refractivity contribution in [2.75, 3.05) is 12.9 Å². The Morgan fingerprint density at radius 1 is 1.35 bits per heavy atom. The molecule has 1 N–H and O–H groups in total. The number of aromatic nitrogens is 2. The van der Waals surface area contributed by atoms with Gasteiger partial charge in [-0.15, -0.1) is 0 Å². The van der Waals surface area contributed by atoms with Crippen LogP contribution in [0.5, 0.6) is 0 Å². The van der Waals surface area contributed by atoms with E-state index in [0.29, 0.717) is 16.4 Å². The Labute approximate surface area is 120 Å². The van der Waals surface area contributed by atoms with E-state index in [1.54, 1.807) is 25.3 Å². The van der Waals surface area contributed by atoms with Crippen LogP contribution in [0.4, 0.5) is 0 Å². The van der Waals surface area contributed by atoms with Gasteiger partial charge in [-0.2, -0.15) is 0 Å². The zero-order valence-corrected chi connectivity index (χ0v) is 12.0. The molecule has 5 nitrogen and oxygen atoms in total. The predicted octanol–water partition coefficient (Wildman–Crippen LogP) is 2.34. The van der Waals surface area contributed by atoms with Gasteiger partial charge in [-0.3, -0.25) is 4.79 Å². The Morgan fingerprint density at radius 2 is 2.05 bits per heavy atom. The second kappa shape index (κ2) is 6.38. The average molecular weight is 290 g/mol. The molecular weight excluding hydrogens is 276 g/mol. The number of esters is 1. The maximum atomic E-state index is 12.1. The number of carbonyl (C=O) groups excluding carboxylic acids is 1. The van der Waals surface area contributed by atoms with Crippen molar-refractivity contribution < 1.29 is 9.53 Å². The van der Waals surface area contributed by atoms with E-state index in [-0.39, 0.29) is 12.2 Å². The van der Waals surface area contributed by atoms with Gasteiger partial charge in [0.15, 0.2) is 10.7 Å². The molecule has 1 aromatic heterocycles. The van der Waals surface area contributed by atoms with Crippen molar-refractivity contribution in [2.45, 2.75) is 12.1 Å². The van der Waals surface area contributed by atoms with Crippen LogP contribution in [-0.2, 0) is 4.74 Å². The highest BCUT2D eigenvalue weighted by Crippen LogP contribution is 2.21. The predicted molar refractivity (Wildman–Crippen MR) is 78.0 cm³/mol. The summed E-state index contributed by atoms with van der Waals surface area (Å²) >= 11 is 1.31. The maximum absolute atomic E-state index is 12.1. The summed E-state index contributed by atoms with van der Waals surface area (Å²) < 4.78 is 4.94. The lowest BCUT2D eigenvalue weighted by Crippen LogP contribution is -2.23. The van der Waals surface area contributed by atoms with Gasteiger partial charge in [-0.1, -0.05) is 42.1 Å². The van der Waals surface area contributed by atoms with Gasteiger partial charge in [-0.05, 0) is 13.2 Å². The summed E-state index contributed by atoms with van der Waals surface area (Å²) in [6, 6.07) is 9.11. The first-order chi connectivity index (χ1) is 9.67. The van der Waals surface area contributed by atoms with Crippen LogP contribution in [0.3, 0.4) is 0 Å². The Bertz CT molecular complexity index is 668. The summed E-state index contributed by atoms with van der Waals surface area (Å²) in [5, 5.41) is 0.460. The molecule has 2 aromatic rings. The van der Waals surface area contributed by atoms with Crippen LogP contribution < -0.4 is 5.56 Å². The molecule has 1 heterocycles. The number of thioether (sulfide) groups is 1. The zero-order valence-electron chi connectivity index (χ0n) is 11.2. The minimum atomic E-state index is -0.659. The van der Waals surface area contributed by atoms with E-state index in [9.17, 15) is 9.59 Å². The number of aromatic amines is 1. The SMILES string of the molecule is CCOC(=O)c1c(-c2ccccc2)nc(SC)[nH]c1=O. The van der Waals surface area contributed by atoms with Crippen LogP contribution in [0.25, 0.3) is 11.3 Å². The van der Waals surface area contributed by atoms with Crippen molar-refractivity contribution in [3.63, 3.8) is 0 Å². The summed E-state index contributed by atoms with van der Waals surface area (Å²) in [6.07, 6.45) is 1.80. The second-order valence-electron chi connectivity index (χ2n) is 3.89. The number of benzene rings is 1. The van der Waals surface area contributed by atoms with Gasteiger partial charge in [0.05, 0.1) is 12.3 Å². The number of ether oxygens (including phenoxy) is 1. The monoisotopic (exact) mass is 290 g/mol. The first-order valence-electron chi connectivity index (χ1n) is 6.08. The Hall–Kier alpha value is -2.08. The van der Waals surface area contributed by atoms with Crippen LogP contribution in [0.2, 0.25) is 0 Å². The number of H-pyrrole nitrogens is 1. The van der Waals surface area contributed by atoms with E-state index in [0.717, 1.165) is 0 Å². The molecule has 0 radical (unpaired) electrons. The molecule has 0 spiro atoms. The van der Waals surface area contributed by atoms with E-state index in [4.69, 9.17) is 4.74 Å². The van der Waals surface area contributed by atoms with Crippen molar-refractivity contribution in [2.24, 2.45) is 0 Å². The molecule has 104 valence electrons. The van der Waals surface area contributed by atoms with Gasteiger partial charge in [0.2, 0.25) is 0 Å². The minimum Gasteiger partial charge on any atom is -0.462 e. The quantitative estimate of drug-likeness (QED) is 0.531. The molecule has 0 aliphatic carbocycles. The summed E-state index contributed by atoms with van der Waals surface area (Å²) in [6.45, 7) is 1.90. The van der Waals surface area contributed by atoms with Crippen molar-refractivity contribution in [3.05, 3.63) is 46.2 Å². The fourth-order valence-electron chi connectivity index (χ4n) is 1.75. The third-order valence-corrected chi connectivity index (χ3v) is 3.20. The van der Waals surface area contributed by atoms with Crippen LogP contribution in [0, 0.1) is 0 Å². The van der Waals surface area contributed by atoms with Crippen molar-refractivity contribution in [1.82, 2.24) is 9.97 Å². The van der Waals surface area contributed by atoms with Gasteiger partial charge in [0, 0.05) is 5.56 Å². The first-order valence-corrected chi connectivity index (χ1v) is 7.30. The van der Waals surface area contributed by atoms with Gasteiger partial charge in [0.25, 0.3) is 5.56 Å². The standard InChI is InChI=1S/C14H14N2O3S/c1-3-19-13(18)10-11(9-7-5-4-6-8-9)15-14(20-2)16-12(10)17/h4-8H,3H2,1-2H3,(H,15,16,17). The lowest BCUT2D eigenvalue weighted by molar-refractivity contribution is 0.0524. The number of nitrogens with zero attached hydrogens (tertiary/aromatic N) is 1. The van der Waals surface area contributed by atoms with Crippen molar-refractivity contribution in [3.8, 4) is 11.3 Å². The minimum absolute atomic E-state index is 0.0594. The van der Waals surface area contributed by atoms with Crippen LogP contribution in [0.15, 0.2) is 40.3 Å². The van der Waals surface area contributed by atoms with Crippen LogP contribution >= 0.6 is 11.8 Å². The molecular formula is C14H14N2O3S. The highest BCUT2D eigenvalue weighted by atomic mass is 32.2. The average Bonchev–Trinajstić information content (AvgIpc) is 2.47. The van der Waals surface area contributed by atoms with Gasteiger partial charge in [-0.25, -0.2) is 9.78 Å². The Balaban J connectivity index is 2.66. The molecule has 0 aliphatic rings. The Morgan fingerprint density at radius 3 is 2.65 bits per heavy atom. The normalized spacial score (nSPS) is 10.3. The van der Waals surface area contributed by atoms with E-state index in [2.05, 4.69) is 9.97 Å². The molecule has 0 bridgehead atoms. The van der Waals surface area contributed by atoms with Crippen molar-refractivity contribution >= 4 is 17.7 Å². The van der Waals surface area contributed by atoms with E-state index >= 15 is 0 Å². The summed E-state index contributed by atoms with van der Waals surface area (Å²) in [5.41, 5.74) is 0.506. The highest BCUT2D eigenvalue weighted by Gasteiger charge is 2.21. The second-order valence-corrected chi connectivity index (χ2v) is 4.68. The number of carbonyl (C=O) groups is 1. The maximum Gasteiger partial charge on any atom is 0.346 e. The smallest absolute Gasteiger partial charge is 0.346 e. The number of hydrogen-bond donors (Lipinski definition) is 1. The third kappa shape index (κ3) is 2.91. The van der Waals surface area contributed by atoms with Gasteiger partial charge in [0.1, 0.15) is 0 Å². The first kappa shape index (κ1) is 14.3. The van der Waals surface area contributed by atoms with E-state index in [1.165, 1.54) is 11.8 Å². The molecule has 0 aliphatic heterocycles. The molecule has 0 saturated heterocycles. The molecule has 0 atom stereocenters. The van der Waals surface area contributed by atoms with Gasteiger partial charge < -0.3 is 9.72 Å². The molecule has 0 unspecified atom stereocenters. The third-order valence-electron chi connectivity index (χ3n) is 2.62. The van der Waals surface area contributed by atoms with E-state index < -0.39 is 11.5 Å². The Kier molecular flexibility index (Phi) is 4.57. The van der Waals surface area contributed by atoms with E-state index in [1.807, 2.05) is 18.2 Å². The molecule has 0 amide bonds. The van der Waals surface area contributed by atoms with Crippen molar-refractivity contribution in [1.29, 1.82) is 0 Å². The summed E-state index contributed by atoms with van der Waals surface area (Å²) in [5.74, 6) is -0.659. The molecule has 6 heteroatoms. The van der Waals surface area contributed by atoms with Gasteiger partial charge >= 0.3 is 5.97 Å². The fourth-order valence-corrected chi connectivity index (χ4v) is 2.12. The fraction of sp³-hybridized carbons (Fsp3) is 0.214. The highest BCUT2D eigenvalue weighted by molar-refractivity contribution is 7.98. The molecule has 0 saturated carbocycles. The molecule has 0 fully saturated rings. The van der Waals surface area contributed by atoms with Crippen LogP contribution in [-0.4, -0.2) is 28.8 Å². The summed E-state index contributed by atoms with van der Waals surface area (Å²) in [4.78, 5) is 31.0. The number of hydrogen-bond acceptors (Lipinski definition) is 5.